The summed E-state index contributed by atoms with van der Waals surface area (Å²) in [6.07, 6.45) is 2.55. The summed E-state index contributed by atoms with van der Waals surface area (Å²) in [4.78, 5) is 13.7. The first kappa shape index (κ1) is 14.6. The van der Waals surface area contributed by atoms with Crippen molar-refractivity contribution in [3.8, 4) is 5.75 Å². The van der Waals surface area contributed by atoms with Gasteiger partial charge in [0.15, 0.2) is 0 Å². The lowest BCUT2D eigenvalue weighted by atomic mass is 10.2. The number of rotatable bonds is 6. The van der Waals surface area contributed by atoms with E-state index in [1.54, 1.807) is 24.1 Å². The van der Waals surface area contributed by atoms with Crippen molar-refractivity contribution in [2.24, 2.45) is 5.92 Å². The zero-order valence-electron chi connectivity index (χ0n) is 10.9. The number of carbonyl (C=O) groups is 1. The van der Waals surface area contributed by atoms with Gasteiger partial charge in [-0.15, -0.1) is 0 Å². The predicted octanol–water partition coefficient (Wildman–Crippen LogP) is 2.50. The highest BCUT2D eigenvalue weighted by Crippen LogP contribution is 2.28. The number of halogens is 1. The molecule has 0 saturated heterocycles. The Bertz CT molecular complexity index is 460. The molecule has 0 heterocycles. The van der Waals surface area contributed by atoms with E-state index in [2.05, 4.69) is 0 Å². The van der Waals surface area contributed by atoms with Gasteiger partial charge in [0.1, 0.15) is 5.75 Å². The van der Waals surface area contributed by atoms with Crippen LogP contribution in [0.15, 0.2) is 18.2 Å². The fourth-order valence-electron chi connectivity index (χ4n) is 1.70. The minimum Gasteiger partial charge on any atom is -0.507 e. The van der Waals surface area contributed by atoms with Gasteiger partial charge in [-0.1, -0.05) is 0 Å². The number of phenolic OH excluding ortho intramolecular Hbond substituents is 1. The molecule has 104 valence electrons. The van der Waals surface area contributed by atoms with Gasteiger partial charge in [0, 0.05) is 25.8 Å². The summed E-state index contributed by atoms with van der Waals surface area (Å²) in [5, 5.41) is 9.61. The van der Waals surface area contributed by atoms with Gasteiger partial charge in [0.05, 0.1) is 10.2 Å². The minimum absolute atomic E-state index is 0.0956. The number of carbonyl (C=O) groups excluding carboxylic acids is 1. The van der Waals surface area contributed by atoms with Crippen LogP contribution in [0.5, 0.6) is 5.75 Å². The van der Waals surface area contributed by atoms with E-state index in [0.29, 0.717) is 18.7 Å². The van der Waals surface area contributed by atoms with Crippen molar-refractivity contribution in [2.75, 3.05) is 26.8 Å². The first-order valence-corrected chi connectivity index (χ1v) is 7.47. The summed E-state index contributed by atoms with van der Waals surface area (Å²) in [6, 6.07) is 4.97. The van der Waals surface area contributed by atoms with Crippen LogP contribution < -0.4 is 0 Å². The van der Waals surface area contributed by atoms with Crippen molar-refractivity contribution in [3.63, 3.8) is 0 Å². The Balaban J connectivity index is 1.81. The molecule has 5 heteroatoms. The third kappa shape index (κ3) is 4.35. The molecule has 1 aliphatic rings. The fourth-order valence-corrected chi connectivity index (χ4v) is 2.04. The van der Waals surface area contributed by atoms with E-state index in [9.17, 15) is 9.90 Å². The highest BCUT2D eigenvalue weighted by Gasteiger charge is 2.21. The quantitative estimate of drug-likeness (QED) is 0.614. The van der Waals surface area contributed by atoms with Gasteiger partial charge in [0.2, 0.25) is 0 Å². The van der Waals surface area contributed by atoms with Crippen molar-refractivity contribution in [1.82, 2.24) is 4.90 Å². The zero-order chi connectivity index (χ0) is 13.8. The van der Waals surface area contributed by atoms with E-state index in [1.165, 1.54) is 18.9 Å². The number of aromatic hydroxyl groups is 1. The number of ether oxygens (including phenoxy) is 1. The van der Waals surface area contributed by atoms with Crippen LogP contribution in [0.4, 0.5) is 0 Å². The molecule has 4 nitrogen and oxygen atoms in total. The average molecular weight is 375 g/mol. The van der Waals surface area contributed by atoms with Crippen molar-refractivity contribution in [2.45, 2.75) is 12.8 Å². The van der Waals surface area contributed by atoms with Crippen molar-refractivity contribution < 1.29 is 14.6 Å². The number of hydrogen-bond donors (Lipinski definition) is 1. The molecular formula is C14H18INO3. The lowest BCUT2D eigenvalue weighted by Gasteiger charge is -2.17. The molecular weight excluding hydrogens is 357 g/mol. The van der Waals surface area contributed by atoms with E-state index in [1.807, 2.05) is 22.6 Å². The van der Waals surface area contributed by atoms with Crippen molar-refractivity contribution in [1.29, 1.82) is 0 Å². The van der Waals surface area contributed by atoms with Crippen LogP contribution in [0.3, 0.4) is 0 Å². The molecule has 19 heavy (non-hydrogen) atoms. The molecule has 0 aliphatic heterocycles. The van der Waals surface area contributed by atoms with Gasteiger partial charge in [-0.25, -0.2) is 0 Å². The highest BCUT2D eigenvalue weighted by molar-refractivity contribution is 14.1. The highest BCUT2D eigenvalue weighted by atomic mass is 127. The van der Waals surface area contributed by atoms with E-state index in [0.717, 1.165) is 16.1 Å². The zero-order valence-corrected chi connectivity index (χ0v) is 13.1. The largest absolute Gasteiger partial charge is 0.507 e. The molecule has 0 aromatic heterocycles. The summed E-state index contributed by atoms with van der Waals surface area (Å²) in [5.74, 6) is 0.792. The number of phenols is 1. The number of hydrogen-bond acceptors (Lipinski definition) is 3. The molecule has 0 atom stereocenters. The Labute approximate surface area is 126 Å². The number of amides is 1. The SMILES string of the molecule is CN(CCOCC1CC1)C(=O)c1ccc(I)c(O)c1. The van der Waals surface area contributed by atoms with Crippen LogP contribution in [0.1, 0.15) is 23.2 Å². The maximum absolute atomic E-state index is 12.1. The molecule has 1 amide bonds. The number of benzene rings is 1. The normalized spacial score (nSPS) is 14.4. The standard InChI is InChI=1S/C14H18INO3/c1-16(6-7-19-9-10-2-3-10)14(18)11-4-5-12(15)13(17)8-11/h4-5,8,10,17H,2-3,6-7,9H2,1H3. The molecule has 1 N–H and O–H groups in total. The van der Waals surface area contributed by atoms with Crippen molar-refractivity contribution >= 4 is 28.5 Å². The lowest BCUT2D eigenvalue weighted by molar-refractivity contribution is 0.0681. The van der Waals surface area contributed by atoms with E-state index >= 15 is 0 Å². The van der Waals surface area contributed by atoms with Gasteiger partial charge < -0.3 is 14.7 Å². The Kier molecular flexibility index (Phi) is 5.04. The van der Waals surface area contributed by atoms with Gasteiger partial charge >= 0.3 is 0 Å². The minimum atomic E-state index is -0.0956. The average Bonchev–Trinajstić information content (AvgIpc) is 3.21. The monoisotopic (exact) mass is 375 g/mol. The molecule has 1 aliphatic carbocycles. The van der Waals surface area contributed by atoms with E-state index < -0.39 is 0 Å². The van der Waals surface area contributed by atoms with E-state index in [4.69, 9.17) is 4.74 Å². The van der Waals surface area contributed by atoms with Crippen LogP contribution >= 0.6 is 22.6 Å². The molecule has 1 aromatic carbocycles. The van der Waals surface area contributed by atoms with Gasteiger partial charge in [0.25, 0.3) is 5.91 Å². The molecule has 0 spiro atoms. The third-order valence-electron chi connectivity index (χ3n) is 3.16. The maximum atomic E-state index is 12.1. The molecule has 0 unspecified atom stereocenters. The number of likely N-dealkylation sites (N-methyl/N-ethyl adjacent to an activating group) is 1. The van der Waals surface area contributed by atoms with Crippen LogP contribution in [-0.2, 0) is 4.74 Å². The fraction of sp³-hybridized carbons (Fsp3) is 0.500. The van der Waals surface area contributed by atoms with Crippen LogP contribution in [0.25, 0.3) is 0 Å². The molecule has 1 saturated carbocycles. The maximum Gasteiger partial charge on any atom is 0.253 e. The topological polar surface area (TPSA) is 49.8 Å². The summed E-state index contributed by atoms with van der Waals surface area (Å²) in [6.45, 7) is 1.94. The second-order valence-corrected chi connectivity index (χ2v) is 6.07. The first-order valence-electron chi connectivity index (χ1n) is 6.39. The summed E-state index contributed by atoms with van der Waals surface area (Å²) < 4.78 is 6.25. The second-order valence-electron chi connectivity index (χ2n) is 4.91. The van der Waals surface area contributed by atoms with Crippen molar-refractivity contribution in [3.05, 3.63) is 27.3 Å². The van der Waals surface area contributed by atoms with Gasteiger partial charge in [-0.2, -0.15) is 0 Å². The predicted molar refractivity (Wildman–Crippen MR) is 81.3 cm³/mol. The Morgan fingerprint density at radius 1 is 1.53 bits per heavy atom. The second kappa shape index (κ2) is 6.56. The first-order chi connectivity index (χ1) is 9.08. The lowest BCUT2D eigenvalue weighted by Crippen LogP contribution is -2.30. The Hall–Kier alpha value is -0.820. The van der Waals surface area contributed by atoms with Crippen LogP contribution in [-0.4, -0.2) is 42.7 Å². The van der Waals surface area contributed by atoms with E-state index in [-0.39, 0.29) is 11.7 Å². The third-order valence-corrected chi connectivity index (χ3v) is 4.07. The molecule has 1 fully saturated rings. The number of nitrogens with zero attached hydrogens (tertiary/aromatic N) is 1. The summed E-state index contributed by atoms with van der Waals surface area (Å²) in [7, 11) is 1.75. The molecule has 0 radical (unpaired) electrons. The summed E-state index contributed by atoms with van der Waals surface area (Å²) in [5.41, 5.74) is 0.502. The van der Waals surface area contributed by atoms with Gasteiger partial charge in [-0.3, -0.25) is 4.79 Å². The molecule has 2 rings (SSSR count). The Morgan fingerprint density at radius 3 is 2.89 bits per heavy atom. The smallest absolute Gasteiger partial charge is 0.253 e. The van der Waals surface area contributed by atoms with Gasteiger partial charge in [-0.05, 0) is 59.5 Å². The van der Waals surface area contributed by atoms with Crippen LogP contribution in [0, 0.1) is 9.49 Å². The molecule has 0 bridgehead atoms. The molecule has 1 aromatic rings. The van der Waals surface area contributed by atoms with Crippen LogP contribution in [0.2, 0.25) is 0 Å². The Morgan fingerprint density at radius 2 is 2.26 bits per heavy atom. The summed E-state index contributed by atoms with van der Waals surface area (Å²) >= 11 is 2.03.